The molecule has 7 heteroatoms. The van der Waals surface area contributed by atoms with Crippen molar-refractivity contribution in [3.05, 3.63) is 35.4 Å². The van der Waals surface area contributed by atoms with Gasteiger partial charge in [-0.1, -0.05) is 73.8 Å². The minimum atomic E-state index is -1.84. The molecule has 1 unspecified atom stereocenters. The van der Waals surface area contributed by atoms with Gasteiger partial charge in [0.15, 0.2) is 9.04 Å². The van der Waals surface area contributed by atoms with Gasteiger partial charge in [0.2, 0.25) is 5.90 Å². The summed E-state index contributed by atoms with van der Waals surface area (Å²) in [6.07, 6.45) is 0.0155. The second-order valence-electron chi connectivity index (χ2n) is 6.79. The Morgan fingerprint density at radius 3 is 2.30 bits per heavy atom. The summed E-state index contributed by atoms with van der Waals surface area (Å²) in [6.45, 7) is 11.0. The Morgan fingerprint density at radius 1 is 1.22 bits per heavy atom. The van der Waals surface area contributed by atoms with Crippen LogP contribution in [-0.2, 0) is 15.8 Å². The molecule has 0 amide bonds. The van der Waals surface area contributed by atoms with E-state index in [0.29, 0.717) is 0 Å². The maximum atomic E-state index is 7.58. The first-order chi connectivity index (χ1) is 10.4. The summed E-state index contributed by atoms with van der Waals surface area (Å²) in [5.41, 5.74) is 1.99. The molecule has 0 radical (unpaired) electrons. The number of halogens is 3. The summed E-state index contributed by atoms with van der Waals surface area (Å²) in [4.78, 5) is 0. The normalized spacial score (nSPS) is 14.0. The lowest BCUT2D eigenvalue weighted by molar-refractivity contribution is 0.0864. The molecule has 0 aliphatic heterocycles. The zero-order valence-electron chi connectivity index (χ0n) is 14.1. The van der Waals surface area contributed by atoms with Crippen LogP contribution in [0.2, 0.25) is 13.1 Å². The zero-order valence-corrected chi connectivity index (χ0v) is 17.5. The Hall–Kier alpha value is -0.263. The van der Waals surface area contributed by atoms with Gasteiger partial charge in [-0.05, 0) is 35.7 Å². The maximum Gasteiger partial charge on any atom is 0.265 e. The van der Waals surface area contributed by atoms with E-state index < -0.39 is 12.8 Å². The minimum absolute atomic E-state index is 0.0129. The van der Waals surface area contributed by atoms with Gasteiger partial charge in [0, 0.05) is 0 Å². The van der Waals surface area contributed by atoms with E-state index in [0.717, 1.165) is 11.1 Å². The molecule has 1 aromatic rings. The summed E-state index contributed by atoms with van der Waals surface area (Å²) in [7, 11) is -1.19. The number of hydrogen-bond donors (Lipinski definition) is 1. The van der Waals surface area contributed by atoms with Crippen LogP contribution in [0.25, 0.3) is 0 Å². The van der Waals surface area contributed by atoms with Crippen molar-refractivity contribution in [3.63, 3.8) is 0 Å². The van der Waals surface area contributed by atoms with Gasteiger partial charge in [0.1, 0.15) is 6.61 Å². The fraction of sp³-hybridized carbons (Fsp3) is 0.562. The first-order valence-electron chi connectivity index (χ1n) is 7.44. The molecule has 0 aliphatic rings. The van der Waals surface area contributed by atoms with Crippen LogP contribution in [0.5, 0.6) is 0 Å². The molecule has 0 aromatic heterocycles. The van der Waals surface area contributed by atoms with Crippen molar-refractivity contribution in [2.24, 2.45) is 5.41 Å². The summed E-state index contributed by atoms with van der Waals surface area (Å²) >= 11 is 16.8. The summed E-state index contributed by atoms with van der Waals surface area (Å²) in [5, 5.41) is 7.58. The molecule has 1 atom stereocenters. The molecule has 23 heavy (non-hydrogen) atoms. The zero-order chi connectivity index (χ0) is 17.8. The second-order valence-corrected chi connectivity index (χ2v) is 11.4. The van der Waals surface area contributed by atoms with Gasteiger partial charge < -0.3 is 9.16 Å². The van der Waals surface area contributed by atoms with Gasteiger partial charge >= 0.3 is 0 Å². The molecular formula is C16H24Cl3NO2Si. The van der Waals surface area contributed by atoms with Gasteiger partial charge in [-0.2, -0.15) is 0 Å². The molecule has 1 aromatic carbocycles. The molecule has 0 saturated carbocycles. The van der Waals surface area contributed by atoms with E-state index in [9.17, 15) is 0 Å². The SMILES string of the molecule is C[SiH](C)OC(c1cccc(COC(=N)C(Cl)(Cl)Cl)c1)C(C)(C)C. The van der Waals surface area contributed by atoms with Gasteiger partial charge in [-0.25, -0.2) is 0 Å². The van der Waals surface area contributed by atoms with Crippen molar-refractivity contribution in [2.75, 3.05) is 0 Å². The van der Waals surface area contributed by atoms with E-state index >= 15 is 0 Å². The van der Waals surface area contributed by atoms with Crippen LogP contribution in [0, 0.1) is 10.8 Å². The van der Waals surface area contributed by atoms with Crippen LogP contribution in [-0.4, -0.2) is 18.7 Å². The molecule has 0 saturated heterocycles. The lowest BCUT2D eigenvalue weighted by atomic mass is 9.84. The highest BCUT2D eigenvalue weighted by atomic mass is 35.6. The fourth-order valence-corrected chi connectivity index (χ4v) is 3.41. The van der Waals surface area contributed by atoms with E-state index in [2.05, 4.69) is 39.9 Å². The molecule has 0 heterocycles. The highest BCUT2D eigenvalue weighted by Crippen LogP contribution is 2.37. The molecular weight excluding hydrogens is 373 g/mol. The number of nitrogens with one attached hydrogen (secondary N) is 1. The molecule has 1 N–H and O–H groups in total. The molecule has 0 fully saturated rings. The molecule has 130 valence electrons. The minimum Gasteiger partial charge on any atom is -0.473 e. The van der Waals surface area contributed by atoms with Gasteiger partial charge in [0.25, 0.3) is 3.79 Å². The smallest absolute Gasteiger partial charge is 0.265 e. The van der Waals surface area contributed by atoms with Crippen molar-refractivity contribution in [1.29, 1.82) is 5.41 Å². The average molecular weight is 397 g/mol. The van der Waals surface area contributed by atoms with Crippen molar-refractivity contribution < 1.29 is 9.16 Å². The maximum absolute atomic E-state index is 7.58. The third-order valence-corrected chi connectivity index (χ3v) is 4.42. The van der Waals surface area contributed by atoms with E-state index in [1.165, 1.54) is 0 Å². The van der Waals surface area contributed by atoms with Crippen LogP contribution in [0.3, 0.4) is 0 Å². The van der Waals surface area contributed by atoms with E-state index in [4.69, 9.17) is 49.4 Å². The van der Waals surface area contributed by atoms with Crippen LogP contribution < -0.4 is 0 Å². The van der Waals surface area contributed by atoms with E-state index in [1.54, 1.807) is 0 Å². The third-order valence-electron chi connectivity index (χ3n) is 3.09. The number of rotatable bonds is 5. The van der Waals surface area contributed by atoms with Gasteiger partial charge in [-0.15, -0.1) is 0 Å². The highest BCUT2D eigenvalue weighted by molar-refractivity contribution is 6.76. The quantitative estimate of drug-likeness (QED) is 0.303. The molecule has 0 spiro atoms. The number of alkyl halides is 3. The number of benzene rings is 1. The lowest BCUT2D eigenvalue weighted by Gasteiger charge is -2.33. The monoisotopic (exact) mass is 395 g/mol. The number of ether oxygens (including phenoxy) is 1. The van der Waals surface area contributed by atoms with Crippen molar-refractivity contribution in [2.45, 2.75) is 50.4 Å². The molecule has 0 aliphatic carbocycles. The highest BCUT2D eigenvalue weighted by Gasteiger charge is 2.29. The first kappa shape index (κ1) is 20.8. The van der Waals surface area contributed by atoms with Crippen molar-refractivity contribution in [1.82, 2.24) is 0 Å². The van der Waals surface area contributed by atoms with E-state index in [1.807, 2.05) is 18.2 Å². The molecule has 0 bridgehead atoms. The Labute approximate surface area is 155 Å². The van der Waals surface area contributed by atoms with Gasteiger partial charge in [0.05, 0.1) is 6.10 Å². The Bertz CT molecular complexity index is 539. The van der Waals surface area contributed by atoms with Crippen LogP contribution in [0.15, 0.2) is 24.3 Å². The average Bonchev–Trinajstić information content (AvgIpc) is 2.40. The Morgan fingerprint density at radius 2 is 1.83 bits per heavy atom. The standard InChI is InChI=1S/C16H24Cl3NO2Si/c1-15(2,3)13(22-23(4)5)12-8-6-7-11(9-12)10-21-14(20)16(17,18)19/h6-9,13,20,23H,10H2,1-5H3. The second kappa shape index (κ2) is 8.21. The predicted molar refractivity (Wildman–Crippen MR) is 101 cm³/mol. The lowest BCUT2D eigenvalue weighted by Crippen LogP contribution is -2.26. The van der Waals surface area contributed by atoms with Crippen LogP contribution in [0.4, 0.5) is 0 Å². The topological polar surface area (TPSA) is 42.3 Å². The Balaban J connectivity index is 2.92. The predicted octanol–water partition coefficient (Wildman–Crippen LogP) is 5.64. The molecule has 3 nitrogen and oxygen atoms in total. The van der Waals surface area contributed by atoms with Gasteiger partial charge in [-0.3, -0.25) is 5.41 Å². The first-order valence-corrected chi connectivity index (χ1v) is 11.4. The van der Waals surface area contributed by atoms with Crippen LogP contribution >= 0.6 is 34.8 Å². The fourth-order valence-electron chi connectivity index (χ4n) is 2.14. The number of hydrogen-bond acceptors (Lipinski definition) is 3. The summed E-state index contributed by atoms with van der Waals surface area (Å²) in [6, 6.07) is 7.95. The summed E-state index contributed by atoms with van der Waals surface area (Å²) < 4.78 is 9.64. The van der Waals surface area contributed by atoms with Crippen molar-refractivity contribution in [3.8, 4) is 0 Å². The summed E-state index contributed by atoms with van der Waals surface area (Å²) in [5.74, 6) is -0.383. The Kier molecular flexibility index (Phi) is 7.42. The molecule has 1 rings (SSSR count). The largest absolute Gasteiger partial charge is 0.473 e. The third kappa shape index (κ3) is 7.02. The van der Waals surface area contributed by atoms with Crippen molar-refractivity contribution >= 4 is 49.7 Å². The van der Waals surface area contributed by atoms with E-state index in [-0.39, 0.29) is 24.0 Å². The van der Waals surface area contributed by atoms with Crippen LogP contribution in [0.1, 0.15) is 38.0 Å².